The maximum atomic E-state index is 5.87. The molecule has 68 valence electrons. The molecule has 0 fully saturated rings. The highest BCUT2D eigenvalue weighted by molar-refractivity contribution is 7.05. The summed E-state index contributed by atoms with van der Waals surface area (Å²) in [6.45, 7) is 6.34. The Kier molecular flexibility index (Phi) is 3.17. The Morgan fingerprint density at radius 2 is 2.08 bits per heavy atom. The average Bonchev–Trinajstić information content (AvgIpc) is 2.37. The molecule has 1 heterocycles. The molecule has 12 heavy (non-hydrogen) atoms. The second kappa shape index (κ2) is 3.96. The van der Waals surface area contributed by atoms with Gasteiger partial charge >= 0.3 is 0 Å². The van der Waals surface area contributed by atoms with Gasteiger partial charge in [0.25, 0.3) is 0 Å². The van der Waals surface area contributed by atoms with Gasteiger partial charge in [-0.15, -0.1) is 0 Å². The maximum Gasteiger partial charge on any atom is 0.129 e. The molecule has 2 N–H and O–H groups in total. The predicted molar refractivity (Wildman–Crippen MR) is 51.1 cm³/mol. The first kappa shape index (κ1) is 9.61. The van der Waals surface area contributed by atoms with Gasteiger partial charge in [-0.2, -0.15) is 4.37 Å². The molecule has 0 aliphatic heterocycles. The van der Waals surface area contributed by atoms with Crippen molar-refractivity contribution in [2.75, 3.05) is 0 Å². The minimum absolute atomic E-state index is 0.151. The predicted octanol–water partition coefficient (Wildman–Crippen LogP) is 1.62. The monoisotopic (exact) mass is 185 g/mol. The van der Waals surface area contributed by atoms with Crippen molar-refractivity contribution >= 4 is 11.5 Å². The topological polar surface area (TPSA) is 51.8 Å². The van der Waals surface area contributed by atoms with Gasteiger partial charge in [-0.25, -0.2) is 4.98 Å². The van der Waals surface area contributed by atoms with Crippen molar-refractivity contribution in [1.82, 2.24) is 9.36 Å². The number of hydrogen-bond donors (Lipinski definition) is 1. The molecule has 0 saturated carbocycles. The van der Waals surface area contributed by atoms with Gasteiger partial charge in [-0.05, 0) is 24.4 Å². The van der Waals surface area contributed by atoms with E-state index in [4.69, 9.17) is 5.73 Å². The molecule has 0 spiro atoms. The molecular weight excluding hydrogens is 170 g/mol. The van der Waals surface area contributed by atoms with Gasteiger partial charge in [0.2, 0.25) is 0 Å². The lowest BCUT2D eigenvalue weighted by atomic mass is 9.90. The van der Waals surface area contributed by atoms with Crippen molar-refractivity contribution in [2.45, 2.75) is 32.7 Å². The van der Waals surface area contributed by atoms with E-state index in [0.29, 0.717) is 11.8 Å². The lowest BCUT2D eigenvalue weighted by molar-refractivity contribution is 0.434. The van der Waals surface area contributed by atoms with Gasteiger partial charge < -0.3 is 5.73 Å². The molecule has 0 aliphatic rings. The molecular formula is C8H15N3S. The number of hydrogen-bond acceptors (Lipinski definition) is 4. The Morgan fingerprint density at radius 3 is 2.42 bits per heavy atom. The molecule has 1 aromatic rings. The van der Waals surface area contributed by atoms with Crippen molar-refractivity contribution in [1.29, 1.82) is 0 Å². The fourth-order valence-corrected chi connectivity index (χ4v) is 2.35. The summed E-state index contributed by atoms with van der Waals surface area (Å²) >= 11 is 1.45. The Labute approximate surface area is 77.2 Å². The van der Waals surface area contributed by atoms with E-state index >= 15 is 0 Å². The molecule has 0 bridgehead atoms. The Balaban J connectivity index is 2.81. The van der Waals surface area contributed by atoms with Crippen LogP contribution >= 0.6 is 11.5 Å². The van der Waals surface area contributed by atoms with E-state index in [1.165, 1.54) is 11.5 Å². The summed E-state index contributed by atoms with van der Waals surface area (Å²) in [7, 11) is 0. The quantitative estimate of drug-likeness (QED) is 0.778. The van der Waals surface area contributed by atoms with E-state index in [-0.39, 0.29) is 6.04 Å². The van der Waals surface area contributed by atoms with E-state index in [1.807, 2.05) is 6.92 Å². The largest absolute Gasteiger partial charge is 0.327 e. The summed E-state index contributed by atoms with van der Waals surface area (Å²) in [5.41, 5.74) is 5.87. The molecule has 0 amide bonds. The van der Waals surface area contributed by atoms with Gasteiger partial charge in [0, 0.05) is 12.0 Å². The molecule has 4 heteroatoms. The van der Waals surface area contributed by atoms with Crippen LogP contribution in [0, 0.1) is 5.92 Å². The average molecular weight is 185 g/mol. The fraction of sp³-hybridized carbons (Fsp3) is 0.750. The zero-order chi connectivity index (χ0) is 9.14. The summed E-state index contributed by atoms with van der Waals surface area (Å²) in [5.74, 6) is 0.871. The minimum Gasteiger partial charge on any atom is -0.327 e. The first-order chi connectivity index (χ1) is 5.63. The summed E-state index contributed by atoms with van der Waals surface area (Å²) < 4.78 is 3.98. The first-order valence-electron chi connectivity index (χ1n) is 4.15. The van der Waals surface area contributed by atoms with Crippen LogP contribution in [0.15, 0.2) is 6.33 Å². The van der Waals surface area contributed by atoms with Crippen LogP contribution in [-0.2, 0) is 0 Å². The van der Waals surface area contributed by atoms with Crippen molar-refractivity contribution in [2.24, 2.45) is 11.7 Å². The molecule has 2 atom stereocenters. The third-order valence-corrected chi connectivity index (χ3v) is 2.71. The number of aromatic nitrogens is 2. The minimum atomic E-state index is 0.151. The summed E-state index contributed by atoms with van der Waals surface area (Å²) in [4.78, 5) is 4.19. The highest BCUT2D eigenvalue weighted by Gasteiger charge is 2.22. The van der Waals surface area contributed by atoms with Crippen molar-refractivity contribution in [3.05, 3.63) is 11.3 Å². The highest BCUT2D eigenvalue weighted by atomic mass is 32.1. The molecule has 0 aliphatic carbocycles. The second-order valence-corrected chi connectivity index (χ2v) is 4.22. The van der Waals surface area contributed by atoms with Crippen LogP contribution in [-0.4, -0.2) is 15.4 Å². The second-order valence-electron chi connectivity index (χ2n) is 3.41. The van der Waals surface area contributed by atoms with Crippen LogP contribution in [0.5, 0.6) is 0 Å². The maximum absolute atomic E-state index is 5.87. The molecule has 1 aromatic heterocycles. The molecule has 0 saturated heterocycles. The van der Waals surface area contributed by atoms with Gasteiger partial charge in [0.1, 0.15) is 11.3 Å². The normalized spacial score (nSPS) is 16.4. The molecule has 3 nitrogen and oxygen atoms in total. The molecule has 0 radical (unpaired) electrons. The Hall–Kier alpha value is -0.480. The fourth-order valence-electron chi connectivity index (χ4n) is 1.45. The van der Waals surface area contributed by atoms with Crippen LogP contribution in [0.3, 0.4) is 0 Å². The highest BCUT2D eigenvalue weighted by Crippen LogP contribution is 2.27. The summed E-state index contributed by atoms with van der Waals surface area (Å²) in [6, 6.07) is 0.151. The molecule has 0 aromatic carbocycles. The van der Waals surface area contributed by atoms with Gasteiger partial charge in [-0.3, -0.25) is 0 Å². The third kappa shape index (κ3) is 2.01. The zero-order valence-corrected chi connectivity index (χ0v) is 8.51. The van der Waals surface area contributed by atoms with Crippen LogP contribution in [0.25, 0.3) is 0 Å². The number of rotatable bonds is 3. The van der Waals surface area contributed by atoms with E-state index in [0.717, 1.165) is 5.01 Å². The van der Waals surface area contributed by atoms with Gasteiger partial charge in [-0.1, -0.05) is 13.8 Å². The van der Waals surface area contributed by atoms with Gasteiger partial charge in [0.05, 0.1) is 0 Å². The van der Waals surface area contributed by atoms with Gasteiger partial charge in [0.15, 0.2) is 0 Å². The molecule has 1 rings (SSSR count). The summed E-state index contributed by atoms with van der Waals surface area (Å²) in [6.07, 6.45) is 1.60. The smallest absolute Gasteiger partial charge is 0.129 e. The van der Waals surface area contributed by atoms with E-state index < -0.39 is 0 Å². The van der Waals surface area contributed by atoms with E-state index in [9.17, 15) is 0 Å². The number of nitrogens with zero attached hydrogens (tertiary/aromatic N) is 2. The summed E-state index contributed by atoms with van der Waals surface area (Å²) in [5, 5.41) is 1.06. The van der Waals surface area contributed by atoms with Crippen molar-refractivity contribution in [3.63, 3.8) is 0 Å². The van der Waals surface area contributed by atoms with Crippen molar-refractivity contribution < 1.29 is 0 Å². The van der Waals surface area contributed by atoms with E-state index in [1.54, 1.807) is 6.33 Å². The molecule has 2 unspecified atom stereocenters. The third-order valence-electron chi connectivity index (χ3n) is 1.95. The van der Waals surface area contributed by atoms with Crippen LogP contribution in [0.2, 0.25) is 0 Å². The zero-order valence-electron chi connectivity index (χ0n) is 7.69. The Bertz CT molecular complexity index is 210. The van der Waals surface area contributed by atoms with Crippen LogP contribution in [0.4, 0.5) is 0 Å². The van der Waals surface area contributed by atoms with Crippen LogP contribution in [0.1, 0.15) is 31.7 Å². The van der Waals surface area contributed by atoms with Crippen molar-refractivity contribution in [3.8, 4) is 0 Å². The SMILES string of the molecule is CC(C)C(c1ncns1)C(C)N. The first-order valence-corrected chi connectivity index (χ1v) is 4.92. The van der Waals surface area contributed by atoms with Crippen LogP contribution < -0.4 is 5.73 Å². The standard InChI is InChI=1S/C8H15N3S/c1-5(2)7(6(3)9)8-10-4-11-12-8/h4-7H,9H2,1-3H3. The number of nitrogens with two attached hydrogens (primary N) is 1. The van der Waals surface area contributed by atoms with E-state index in [2.05, 4.69) is 23.2 Å². The lowest BCUT2D eigenvalue weighted by Gasteiger charge is -2.21. The Morgan fingerprint density at radius 1 is 1.42 bits per heavy atom. The lowest BCUT2D eigenvalue weighted by Crippen LogP contribution is -2.28.